The van der Waals surface area contributed by atoms with Gasteiger partial charge in [-0.1, -0.05) is 19.9 Å². The summed E-state index contributed by atoms with van der Waals surface area (Å²) >= 11 is 0. The maximum atomic E-state index is 11.7. The smallest absolute Gasteiger partial charge is 0.326 e. The Morgan fingerprint density at radius 2 is 2.09 bits per heavy atom. The van der Waals surface area contributed by atoms with E-state index in [2.05, 4.69) is 5.32 Å². The summed E-state index contributed by atoms with van der Waals surface area (Å²) < 4.78 is 5.13. The van der Waals surface area contributed by atoms with Crippen LogP contribution in [0.1, 0.15) is 20.3 Å². The number of hydrogen-bond donors (Lipinski definition) is 2. The Kier molecular flexibility index (Phi) is 6.30. The van der Waals surface area contributed by atoms with E-state index in [1.54, 1.807) is 0 Å². The summed E-state index contributed by atoms with van der Waals surface area (Å²) in [5.74, 6) is -1.43. The van der Waals surface area contributed by atoms with Crippen LogP contribution in [-0.4, -0.2) is 34.6 Å². The average molecular weight is 310 g/mol. The van der Waals surface area contributed by atoms with E-state index in [9.17, 15) is 19.7 Å². The maximum absolute atomic E-state index is 11.7. The summed E-state index contributed by atoms with van der Waals surface area (Å²) in [6, 6.07) is 4.42. The van der Waals surface area contributed by atoms with Crippen LogP contribution in [0, 0.1) is 16.0 Å². The molecule has 0 aliphatic heterocycles. The van der Waals surface area contributed by atoms with Crippen molar-refractivity contribution in [2.24, 2.45) is 5.92 Å². The molecule has 0 aliphatic carbocycles. The number of carbonyl (C=O) groups is 2. The number of nitro benzene ring substituents is 1. The number of hydrogen-bond acceptors (Lipinski definition) is 5. The molecule has 0 unspecified atom stereocenters. The van der Waals surface area contributed by atoms with Gasteiger partial charge in [0.2, 0.25) is 0 Å². The number of rotatable bonds is 8. The van der Waals surface area contributed by atoms with Gasteiger partial charge in [-0.3, -0.25) is 14.9 Å². The van der Waals surface area contributed by atoms with E-state index < -0.39 is 29.4 Å². The van der Waals surface area contributed by atoms with Gasteiger partial charge < -0.3 is 15.2 Å². The Morgan fingerprint density at radius 1 is 1.41 bits per heavy atom. The van der Waals surface area contributed by atoms with E-state index in [0.29, 0.717) is 6.42 Å². The fraction of sp³-hybridized carbons (Fsp3) is 0.429. The molecule has 0 saturated heterocycles. The minimum Gasteiger partial charge on any atom is -0.484 e. The number of non-ortho nitro benzene ring substituents is 1. The van der Waals surface area contributed by atoms with E-state index >= 15 is 0 Å². The van der Waals surface area contributed by atoms with Gasteiger partial charge in [0.1, 0.15) is 11.8 Å². The molecule has 0 aliphatic rings. The molecule has 1 amide bonds. The van der Waals surface area contributed by atoms with Crippen molar-refractivity contribution in [2.45, 2.75) is 26.3 Å². The van der Waals surface area contributed by atoms with Crippen molar-refractivity contribution >= 4 is 17.6 Å². The third kappa shape index (κ3) is 5.78. The average Bonchev–Trinajstić information content (AvgIpc) is 2.44. The maximum Gasteiger partial charge on any atom is 0.326 e. The Balaban J connectivity index is 2.56. The zero-order valence-electron chi connectivity index (χ0n) is 12.3. The van der Waals surface area contributed by atoms with E-state index in [0.717, 1.165) is 0 Å². The van der Waals surface area contributed by atoms with E-state index in [-0.39, 0.29) is 17.4 Å². The van der Waals surface area contributed by atoms with E-state index in [1.165, 1.54) is 24.3 Å². The normalized spacial score (nSPS) is 11.8. The van der Waals surface area contributed by atoms with Crippen LogP contribution in [0.5, 0.6) is 5.75 Å². The Labute approximate surface area is 127 Å². The molecule has 1 atom stereocenters. The Hall–Kier alpha value is -2.64. The molecular weight excluding hydrogens is 292 g/mol. The fourth-order valence-electron chi connectivity index (χ4n) is 1.76. The van der Waals surface area contributed by atoms with Crippen molar-refractivity contribution in [3.8, 4) is 5.75 Å². The molecule has 1 aromatic rings. The van der Waals surface area contributed by atoms with Gasteiger partial charge in [0, 0.05) is 6.07 Å². The van der Waals surface area contributed by atoms with Gasteiger partial charge in [0.15, 0.2) is 6.61 Å². The van der Waals surface area contributed by atoms with Gasteiger partial charge in [0.05, 0.1) is 11.0 Å². The number of nitro groups is 1. The highest BCUT2D eigenvalue weighted by molar-refractivity contribution is 5.84. The molecule has 2 N–H and O–H groups in total. The first-order valence-electron chi connectivity index (χ1n) is 6.69. The standard InChI is InChI=1S/C14H18N2O6/c1-9(2)6-12(14(18)19)15-13(17)8-22-11-5-3-4-10(7-11)16(20)21/h3-5,7,9,12H,6,8H2,1-2H3,(H,15,17)(H,18,19)/t12-/m1/s1. The SMILES string of the molecule is CC(C)C[C@@H](NC(=O)COc1cccc([N+](=O)[O-])c1)C(=O)O. The Bertz CT molecular complexity index is 558. The van der Waals surface area contributed by atoms with Crippen LogP contribution in [0.4, 0.5) is 5.69 Å². The number of aliphatic carboxylic acids is 1. The van der Waals surface area contributed by atoms with Gasteiger partial charge in [-0.15, -0.1) is 0 Å². The van der Waals surface area contributed by atoms with Crippen molar-refractivity contribution in [2.75, 3.05) is 6.61 Å². The van der Waals surface area contributed by atoms with E-state index in [4.69, 9.17) is 9.84 Å². The third-order valence-corrected chi connectivity index (χ3v) is 2.74. The topological polar surface area (TPSA) is 119 Å². The quantitative estimate of drug-likeness (QED) is 0.556. The number of carboxylic acids is 1. The highest BCUT2D eigenvalue weighted by Crippen LogP contribution is 2.18. The minimum atomic E-state index is -1.11. The summed E-state index contributed by atoms with van der Waals surface area (Å²) in [7, 11) is 0. The summed E-state index contributed by atoms with van der Waals surface area (Å²) in [5, 5.41) is 22.0. The monoisotopic (exact) mass is 310 g/mol. The predicted octanol–water partition coefficient (Wildman–Crippen LogP) is 1.59. The lowest BCUT2D eigenvalue weighted by atomic mass is 10.0. The molecule has 0 fully saturated rings. The van der Waals surface area contributed by atoms with Gasteiger partial charge in [0.25, 0.3) is 11.6 Å². The second-order valence-corrected chi connectivity index (χ2v) is 5.13. The lowest BCUT2D eigenvalue weighted by Gasteiger charge is -2.16. The van der Waals surface area contributed by atoms with Crippen LogP contribution in [0.25, 0.3) is 0 Å². The molecule has 8 heteroatoms. The molecule has 1 aromatic carbocycles. The third-order valence-electron chi connectivity index (χ3n) is 2.74. The van der Waals surface area contributed by atoms with Crippen molar-refractivity contribution in [3.63, 3.8) is 0 Å². The summed E-state index contributed by atoms with van der Waals surface area (Å²) in [4.78, 5) is 32.8. The molecule has 0 spiro atoms. The number of carbonyl (C=O) groups excluding carboxylic acids is 1. The van der Waals surface area contributed by atoms with Gasteiger partial charge in [-0.25, -0.2) is 4.79 Å². The summed E-state index contributed by atoms with van der Waals surface area (Å²) in [5.41, 5.74) is -0.152. The van der Waals surface area contributed by atoms with Gasteiger partial charge in [-0.2, -0.15) is 0 Å². The first kappa shape index (κ1) is 17.4. The second kappa shape index (κ2) is 7.96. The molecule has 0 heterocycles. The lowest BCUT2D eigenvalue weighted by Crippen LogP contribution is -2.43. The lowest BCUT2D eigenvalue weighted by molar-refractivity contribution is -0.384. The number of nitrogens with zero attached hydrogens (tertiary/aromatic N) is 1. The van der Waals surface area contributed by atoms with Crippen molar-refractivity contribution in [1.82, 2.24) is 5.32 Å². The summed E-state index contributed by atoms with van der Waals surface area (Å²) in [6.45, 7) is 3.28. The molecule has 0 saturated carbocycles. The highest BCUT2D eigenvalue weighted by Gasteiger charge is 2.21. The molecule has 22 heavy (non-hydrogen) atoms. The van der Waals surface area contributed by atoms with Crippen molar-refractivity contribution in [1.29, 1.82) is 0 Å². The van der Waals surface area contributed by atoms with Crippen molar-refractivity contribution in [3.05, 3.63) is 34.4 Å². The fourth-order valence-corrected chi connectivity index (χ4v) is 1.76. The zero-order valence-corrected chi connectivity index (χ0v) is 12.3. The number of ether oxygens (including phenoxy) is 1. The molecule has 0 bridgehead atoms. The number of benzene rings is 1. The van der Waals surface area contributed by atoms with Crippen LogP contribution < -0.4 is 10.1 Å². The molecule has 8 nitrogen and oxygen atoms in total. The van der Waals surface area contributed by atoms with Gasteiger partial charge in [-0.05, 0) is 18.4 Å². The second-order valence-electron chi connectivity index (χ2n) is 5.13. The number of nitrogens with one attached hydrogen (secondary N) is 1. The van der Waals surface area contributed by atoms with E-state index in [1.807, 2.05) is 13.8 Å². The number of amides is 1. The number of carboxylic acid groups (broad SMARTS) is 1. The predicted molar refractivity (Wildman–Crippen MR) is 77.6 cm³/mol. The van der Waals surface area contributed by atoms with Crippen LogP contribution in [0.15, 0.2) is 24.3 Å². The molecule has 1 rings (SSSR count). The highest BCUT2D eigenvalue weighted by atomic mass is 16.6. The van der Waals surface area contributed by atoms with Crippen LogP contribution in [0.3, 0.4) is 0 Å². The van der Waals surface area contributed by atoms with Gasteiger partial charge >= 0.3 is 5.97 Å². The van der Waals surface area contributed by atoms with Crippen LogP contribution in [-0.2, 0) is 9.59 Å². The molecule has 0 aromatic heterocycles. The molecule has 0 radical (unpaired) electrons. The van der Waals surface area contributed by atoms with Crippen LogP contribution >= 0.6 is 0 Å². The minimum absolute atomic E-state index is 0.110. The van der Waals surface area contributed by atoms with Crippen molar-refractivity contribution < 1.29 is 24.4 Å². The first-order valence-corrected chi connectivity index (χ1v) is 6.69. The Morgan fingerprint density at radius 3 is 2.64 bits per heavy atom. The molecular formula is C14H18N2O6. The summed E-state index contributed by atoms with van der Waals surface area (Å²) in [6.07, 6.45) is 0.303. The molecule has 120 valence electrons. The first-order chi connectivity index (χ1) is 10.3. The largest absolute Gasteiger partial charge is 0.484 e. The zero-order chi connectivity index (χ0) is 16.7. The van der Waals surface area contributed by atoms with Crippen LogP contribution in [0.2, 0.25) is 0 Å².